The van der Waals surface area contributed by atoms with E-state index >= 15 is 0 Å². The Hall–Kier alpha value is -3.07. The van der Waals surface area contributed by atoms with E-state index in [0.717, 1.165) is 3.57 Å². The molecular formula is C21H15IN4O2. The van der Waals surface area contributed by atoms with E-state index in [-0.39, 0.29) is 11.5 Å². The summed E-state index contributed by atoms with van der Waals surface area (Å²) in [5.41, 5.74) is 2.04. The SMILES string of the molecule is Cc1nc2ncccc2c(=O)n1-c1cccc(NC(=O)c2ccccc2I)c1. The van der Waals surface area contributed by atoms with Gasteiger partial charge in [-0.1, -0.05) is 18.2 Å². The van der Waals surface area contributed by atoms with Gasteiger partial charge in [-0.3, -0.25) is 14.2 Å². The first kappa shape index (κ1) is 18.3. The van der Waals surface area contributed by atoms with Crippen molar-refractivity contribution in [3.63, 3.8) is 0 Å². The number of rotatable bonds is 3. The molecule has 0 saturated carbocycles. The number of nitrogens with one attached hydrogen (secondary N) is 1. The quantitative estimate of drug-likeness (QED) is 0.449. The third-order valence-corrected chi connectivity index (χ3v) is 5.23. The number of nitrogens with zero attached hydrogens (tertiary/aromatic N) is 3. The van der Waals surface area contributed by atoms with Gasteiger partial charge in [0.15, 0.2) is 5.65 Å². The van der Waals surface area contributed by atoms with Crippen LogP contribution in [0.5, 0.6) is 0 Å². The Morgan fingerprint density at radius 3 is 2.71 bits per heavy atom. The highest BCUT2D eigenvalue weighted by molar-refractivity contribution is 14.1. The summed E-state index contributed by atoms with van der Waals surface area (Å²) >= 11 is 2.13. The largest absolute Gasteiger partial charge is 0.322 e. The van der Waals surface area contributed by atoms with Crippen LogP contribution in [0.15, 0.2) is 71.7 Å². The molecule has 28 heavy (non-hydrogen) atoms. The molecule has 2 aromatic carbocycles. The van der Waals surface area contributed by atoms with Crippen molar-refractivity contribution in [3.8, 4) is 5.69 Å². The molecular weight excluding hydrogens is 467 g/mol. The Morgan fingerprint density at radius 2 is 1.89 bits per heavy atom. The van der Waals surface area contributed by atoms with Crippen LogP contribution in [0, 0.1) is 10.5 Å². The molecule has 2 aromatic heterocycles. The molecule has 2 heterocycles. The van der Waals surface area contributed by atoms with Gasteiger partial charge in [-0.25, -0.2) is 9.97 Å². The average Bonchev–Trinajstić information content (AvgIpc) is 2.68. The van der Waals surface area contributed by atoms with Gasteiger partial charge in [0, 0.05) is 15.5 Å². The van der Waals surface area contributed by atoms with Gasteiger partial charge in [-0.2, -0.15) is 0 Å². The molecule has 4 rings (SSSR count). The van der Waals surface area contributed by atoms with Gasteiger partial charge < -0.3 is 5.32 Å². The molecule has 0 unspecified atom stereocenters. The molecule has 0 atom stereocenters. The van der Waals surface area contributed by atoms with Gasteiger partial charge in [0.25, 0.3) is 11.5 Å². The maximum Gasteiger partial charge on any atom is 0.267 e. The highest BCUT2D eigenvalue weighted by Gasteiger charge is 2.13. The molecule has 0 aliphatic carbocycles. The highest BCUT2D eigenvalue weighted by Crippen LogP contribution is 2.18. The van der Waals surface area contributed by atoms with E-state index in [1.165, 1.54) is 4.57 Å². The van der Waals surface area contributed by atoms with Gasteiger partial charge in [0.2, 0.25) is 0 Å². The van der Waals surface area contributed by atoms with E-state index in [1.54, 1.807) is 55.6 Å². The lowest BCUT2D eigenvalue weighted by Crippen LogP contribution is -2.23. The molecule has 0 aliphatic rings. The van der Waals surface area contributed by atoms with E-state index in [2.05, 4.69) is 37.9 Å². The number of carbonyl (C=O) groups excluding carboxylic acids is 1. The number of benzene rings is 2. The zero-order valence-electron chi connectivity index (χ0n) is 14.9. The second-order valence-corrected chi connectivity index (χ2v) is 7.32. The maximum atomic E-state index is 12.9. The number of fused-ring (bicyclic) bond motifs is 1. The standard InChI is InChI=1S/C21H15IN4O2/c1-13-24-19-17(9-5-11-23-19)21(28)26(13)15-7-4-6-14(12-15)25-20(27)16-8-2-3-10-18(16)22/h2-12H,1H3,(H,25,27). The van der Waals surface area contributed by atoms with E-state index < -0.39 is 0 Å². The Morgan fingerprint density at radius 1 is 1.07 bits per heavy atom. The number of halogens is 1. The predicted molar refractivity (Wildman–Crippen MR) is 117 cm³/mol. The third-order valence-electron chi connectivity index (χ3n) is 4.29. The number of amides is 1. The van der Waals surface area contributed by atoms with Crippen LogP contribution in [0.2, 0.25) is 0 Å². The fraction of sp³-hybridized carbons (Fsp3) is 0.0476. The minimum absolute atomic E-state index is 0.198. The molecule has 0 aliphatic heterocycles. The van der Waals surface area contributed by atoms with Crippen LogP contribution >= 0.6 is 22.6 Å². The Labute approximate surface area is 174 Å². The molecule has 138 valence electrons. The van der Waals surface area contributed by atoms with E-state index in [0.29, 0.717) is 33.8 Å². The third kappa shape index (κ3) is 3.40. The summed E-state index contributed by atoms with van der Waals surface area (Å²) in [6, 6.07) is 17.9. The van der Waals surface area contributed by atoms with Crippen molar-refractivity contribution < 1.29 is 4.79 Å². The zero-order chi connectivity index (χ0) is 19.7. The first-order chi connectivity index (χ1) is 13.5. The van der Waals surface area contributed by atoms with Crippen molar-refractivity contribution in [3.05, 3.63) is 92.2 Å². The molecule has 0 radical (unpaired) electrons. The molecule has 6 nitrogen and oxygen atoms in total. The summed E-state index contributed by atoms with van der Waals surface area (Å²) in [7, 11) is 0. The normalized spacial score (nSPS) is 10.8. The number of hydrogen-bond donors (Lipinski definition) is 1. The lowest BCUT2D eigenvalue weighted by Gasteiger charge is -2.12. The highest BCUT2D eigenvalue weighted by atomic mass is 127. The molecule has 4 aromatic rings. The summed E-state index contributed by atoms with van der Waals surface area (Å²) < 4.78 is 2.39. The maximum absolute atomic E-state index is 12.9. The average molecular weight is 482 g/mol. The first-order valence-corrected chi connectivity index (χ1v) is 9.63. The van der Waals surface area contributed by atoms with Crippen LogP contribution in [0.25, 0.3) is 16.7 Å². The molecule has 0 fully saturated rings. The van der Waals surface area contributed by atoms with Crippen LogP contribution < -0.4 is 10.9 Å². The van der Waals surface area contributed by atoms with Crippen LogP contribution in [-0.2, 0) is 0 Å². The van der Waals surface area contributed by atoms with Crippen molar-refractivity contribution in [1.82, 2.24) is 14.5 Å². The number of hydrogen-bond acceptors (Lipinski definition) is 4. The molecule has 1 amide bonds. The Bertz CT molecular complexity index is 1270. The number of anilines is 1. The molecule has 7 heteroatoms. The lowest BCUT2D eigenvalue weighted by molar-refractivity contribution is 0.102. The summed E-state index contributed by atoms with van der Waals surface area (Å²) in [6.45, 7) is 1.76. The number of carbonyl (C=O) groups is 1. The molecule has 0 bridgehead atoms. The van der Waals surface area contributed by atoms with Crippen LogP contribution in [0.4, 0.5) is 5.69 Å². The monoisotopic (exact) mass is 482 g/mol. The van der Waals surface area contributed by atoms with Crippen molar-refractivity contribution >= 4 is 45.2 Å². The summed E-state index contributed by atoms with van der Waals surface area (Å²) in [5, 5.41) is 3.34. The lowest BCUT2D eigenvalue weighted by atomic mass is 10.2. The van der Waals surface area contributed by atoms with Gasteiger partial charge in [-0.15, -0.1) is 0 Å². The summed E-state index contributed by atoms with van der Waals surface area (Å²) in [6.07, 6.45) is 1.61. The number of aromatic nitrogens is 3. The topological polar surface area (TPSA) is 76.9 Å². The van der Waals surface area contributed by atoms with Crippen LogP contribution in [0.1, 0.15) is 16.2 Å². The predicted octanol–water partition coefficient (Wildman–Crippen LogP) is 3.95. The van der Waals surface area contributed by atoms with Gasteiger partial charge in [0.05, 0.1) is 16.6 Å². The molecule has 0 spiro atoms. The van der Waals surface area contributed by atoms with Crippen molar-refractivity contribution in [1.29, 1.82) is 0 Å². The van der Waals surface area contributed by atoms with Crippen molar-refractivity contribution in [2.24, 2.45) is 0 Å². The fourth-order valence-electron chi connectivity index (χ4n) is 2.99. The zero-order valence-corrected chi connectivity index (χ0v) is 17.0. The van der Waals surface area contributed by atoms with Crippen LogP contribution in [0.3, 0.4) is 0 Å². The van der Waals surface area contributed by atoms with E-state index in [9.17, 15) is 9.59 Å². The summed E-state index contributed by atoms with van der Waals surface area (Å²) in [4.78, 5) is 34.1. The summed E-state index contributed by atoms with van der Waals surface area (Å²) in [5.74, 6) is 0.323. The van der Waals surface area contributed by atoms with Gasteiger partial charge in [0.1, 0.15) is 5.82 Å². The first-order valence-electron chi connectivity index (χ1n) is 8.55. The molecule has 0 saturated heterocycles. The van der Waals surface area contributed by atoms with Crippen molar-refractivity contribution in [2.75, 3.05) is 5.32 Å². The number of pyridine rings is 1. The van der Waals surface area contributed by atoms with Gasteiger partial charge in [-0.05, 0) is 72.0 Å². The minimum Gasteiger partial charge on any atom is -0.322 e. The minimum atomic E-state index is -0.202. The second-order valence-electron chi connectivity index (χ2n) is 6.16. The van der Waals surface area contributed by atoms with E-state index in [4.69, 9.17) is 0 Å². The van der Waals surface area contributed by atoms with Crippen molar-refractivity contribution in [2.45, 2.75) is 6.92 Å². The number of aryl methyl sites for hydroxylation is 1. The molecule has 1 N–H and O–H groups in total. The Kier molecular flexibility index (Phi) is 4.91. The van der Waals surface area contributed by atoms with E-state index in [1.807, 2.05) is 18.2 Å². The van der Waals surface area contributed by atoms with Gasteiger partial charge >= 0.3 is 0 Å². The second kappa shape index (κ2) is 7.51. The van der Waals surface area contributed by atoms with Crippen LogP contribution in [-0.4, -0.2) is 20.4 Å². The fourth-order valence-corrected chi connectivity index (χ4v) is 3.63. The smallest absolute Gasteiger partial charge is 0.267 e. The Balaban J connectivity index is 1.74.